The van der Waals surface area contributed by atoms with Gasteiger partial charge in [0.05, 0.1) is 0 Å². The van der Waals surface area contributed by atoms with Gasteiger partial charge in [0.1, 0.15) is 5.75 Å². The zero-order chi connectivity index (χ0) is 14.0. The average Bonchev–Trinajstić information content (AvgIpc) is 2.38. The van der Waals surface area contributed by atoms with Crippen molar-refractivity contribution >= 4 is 5.91 Å². The number of hydrogen-bond donors (Lipinski definition) is 2. The third-order valence-electron chi connectivity index (χ3n) is 3.86. The summed E-state index contributed by atoms with van der Waals surface area (Å²) in [5.41, 5.74) is 7.46. The van der Waals surface area contributed by atoms with Crippen LogP contribution in [0, 0.1) is 6.92 Å². The van der Waals surface area contributed by atoms with E-state index in [9.17, 15) is 9.90 Å². The molecule has 1 aliphatic rings. The molecule has 1 fully saturated rings. The van der Waals surface area contributed by atoms with Crippen LogP contribution >= 0.6 is 0 Å². The number of aromatic hydroxyl groups is 1. The first-order valence-electron chi connectivity index (χ1n) is 6.87. The molecule has 2 rings (SSSR count). The summed E-state index contributed by atoms with van der Waals surface area (Å²) in [6.45, 7) is 4.57. The van der Waals surface area contributed by atoms with Crippen molar-refractivity contribution in [3.05, 3.63) is 29.3 Å². The van der Waals surface area contributed by atoms with Crippen LogP contribution in [0.1, 0.15) is 42.1 Å². The highest BCUT2D eigenvalue weighted by molar-refractivity contribution is 5.96. The lowest BCUT2D eigenvalue weighted by Gasteiger charge is -2.38. The zero-order valence-corrected chi connectivity index (χ0v) is 11.6. The Morgan fingerprint density at radius 2 is 2.21 bits per heavy atom. The molecule has 2 unspecified atom stereocenters. The van der Waals surface area contributed by atoms with E-state index in [0.717, 1.165) is 31.4 Å². The van der Waals surface area contributed by atoms with E-state index in [1.165, 1.54) is 0 Å². The summed E-state index contributed by atoms with van der Waals surface area (Å²) in [7, 11) is 0. The van der Waals surface area contributed by atoms with Gasteiger partial charge in [0.25, 0.3) is 5.91 Å². The summed E-state index contributed by atoms with van der Waals surface area (Å²) in [5, 5.41) is 9.42. The van der Waals surface area contributed by atoms with Crippen molar-refractivity contribution in [1.82, 2.24) is 4.90 Å². The Hall–Kier alpha value is -1.55. The average molecular weight is 262 g/mol. The molecule has 2 atom stereocenters. The van der Waals surface area contributed by atoms with Crippen molar-refractivity contribution in [3.63, 3.8) is 0 Å². The van der Waals surface area contributed by atoms with Crippen LogP contribution < -0.4 is 5.73 Å². The summed E-state index contributed by atoms with van der Waals surface area (Å²) in [5.74, 6) is 0.218. The number of hydrogen-bond acceptors (Lipinski definition) is 3. The largest absolute Gasteiger partial charge is 0.508 e. The molecule has 0 radical (unpaired) electrons. The van der Waals surface area contributed by atoms with E-state index in [1.54, 1.807) is 18.2 Å². The highest BCUT2D eigenvalue weighted by Crippen LogP contribution is 2.24. The molecule has 0 saturated carbocycles. The molecule has 0 aromatic heterocycles. The van der Waals surface area contributed by atoms with E-state index >= 15 is 0 Å². The molecule has 1 amide bonds. The van der Waals surface area contributed by atoms with Crippen molar-refractivity contribution in [1.29, 1.82) is 0 Å². The number of nitrogens with zero attached hydrogens (tertiary/aromatic N) is 1. The van der Waals surface area contributed by atoms with Crippen molar-refractivity contribution in [3.8, 4) is 5.75 Å². The van der Waals surface area contributed by atoms with Gasteiger partial charge in [-0.05, 0) is 56.9 Å². The maximum absolute atomic E-state index is 12.6. The third-order valence-corrected chi connectivity index (χ3v) is 3.86. The van der Waals surface area contributed by atoms with E-state index in [0.29, 0.717) is 5.56 Å². The predicted molar refractivity (Wildman–Crippen MR) is 75.2 cm³/mol. The summed E-state index contributed by atoms with van der Waals surface area (Å²) in [4.78, 5) is 14.5. The number of phenolic OH excluding ortho intramolecular Hbond substituents is 1. The summed E-state index contributed by atoms with van der Waals surface area (Å²) in [6, 6.07) is 4.99. The van der Waals surface area contributed by atoms with Crippen LogP contribution in [0.3, 0.4) is 0 Å². The molecule has 0 bridgehead atoms. The first kappa shape index (κ1) is 13.9. The second-order valence-corrected chi connectivity index (χ2v) is 5.42. The van der Waals surface area contributed by atoms with Crippen molar-refractivity contribution < 1.29 is 9.90 Å². The lowest BCUT2D eigenvalue weighted by molar-refractivity contribution is 0.0583. The van der Waals surface area contributed by atoms with Gasteiger partial charge in [0.2, 0.25) is 0 Å². The van der Waals surface area contributed by atoms with Gasteiger partial charge in [-0.3, -0.25) is 4.79 Å². The fourth-order valence-electron chi connectivity index (χ4n) is 2.80. The van der Waals surface area contributed by atoms with Gasteiger partial charge >= 0.3 is 0 Å². The number of nitrogens with two attached hydrogens (primary N) is 1. The molecule has 0 spiro atoms. The molecule has 4 nitrogen and oxygen atoms in total. The summed E-state index contributed by atoms with van der Waals surface area (Å²) in [6.07, 6.45) is 3.14. The maximum atomic E-state index is 12.6. The van der Waals surface area contributed by atoms with Gasteiger partial charge in [-0.25, -0.2) is 0 Å². The lowest BCUT2D eigenvalue weighted by atomic mass is 9.95. The second-order valence-electron chi connectivity index (χ2n) is 5.42. The molecule has 1 aromatic rings. The topological polar surface area (TPSA) is 66.6 Å². The van der Waals surface area contributed by atoms with Crippen molar-refractivity contribution in [2.24, 2.45) is 5.73 Å². The molecular formula is C15H22N2O2. The molecule has 1 aromatic carbocycles. The first-order chi connectivity index (χ1) is 9.00. The smallest absolute Gasteiger partial charge is 0.254 e. The minimum absolute atomic E-state index is 0.0123. The highest BCUT2D eigenvalue weighted by Gasteiger charge is 2.30. The summed E-state index contributed by atoms with van der Waals surface area (Å²) >= 11 is 0. The van der Waals surface area contributed by atoms with Gasteiger partial charge in [0.15, 0.2) is 0 Å². The molecule has 1 aliphatic heterocycles. The minimum Gasteiger partial charge on any atom is -0.508 e. The van der Waals surface area contributed by atoms with Crippen LogP contribution in [0.15, 0.2) is 18.2 Å². The Balaban J connectivity index is 2.26. The Kier molecular flexibility index (Phi) is 4.10. The molecule has 4 heteroatoms. The van der Waals surface area contributed by atoms with Gasteiger partial charge in [-0.15, -0.1) is 0 Å². The molecule has 3 N–H and O–H groups in total. The van der Waals surface area contributed by atoms with Gasteiger partial charge in [-0.2, -0.15) is 0 Å². The van der Waals surface area contributed by atoms with Gasteiger partial charge in [0, 0.05) is 24.2 Å². The fourth-order valence-corrected chi connectivity index (χ4v) is 2.80. The quantitative estimate of drug-likeness (QED) is 0.857. The van der Waals surface area contributed by atoms with Crippen molar-refractivity contribution in [2.75, 3.05) is 6.54 Å². The van der Waals surface area contributed by atoms with Crippen LogP contribution in [0.2, 0.25) is 0 Å². The minimum atomic E-state index is -0.0123. The predicted octanol–water partition coefficient (Wildman–Crippen LogP) is 2.04. The lowest BCUT2D eigenvalue weighted by Crippen LogP contribution is -2.51. The van der Waals surface area contributed by atoms with E-state index < -0.39 is 0 Å². The number of carbonyl (C=O) groups excluding carboxylic acids is 1. The number of aryl methyl sites for hydroxylation is 1. The number of phenols is 1. The third kappa shape index (κ3) is 2.89. The number of benzene rings is 1. The van der Waals surface area contributed by atoms with Crippen LogP contribution in [0.5, 0.6) is 5.75 Å². The van der Waals surface area contributed by atoms with E-state index in [2.05, 4.69) is 0 Å². The number of likely N-dealkylation sites (tertiary alicyclic amines) is 1. The zero-order valence-electron chi connectivity index (χ0n) is 11.6. The number of piperidine rings is 1. The van der Waals surface area contributed by atoms with E-state index in [4.69, 9.17) is 5.73 Å². The van der Waals surface area contributed by atoms with Crippen LogP contribution in [-0.2, 0) is 0 Å². The standard InChI is InChI=1S/C15H22N2O2/c1-10-9-12(18)6-7-13(10)15(19)17-8-4-3-5-14(17)11(2)16/h6-7,9,11,14,18H,3-5,8,16H2,1-2H3. The van der Waals surface area contributed by atoms with Gasteiger partial charge in [-0.1, -0.05) is 0 Å². The number of carbonyl (C=O) groups is 1. The van der Waals surface area contributed by atoms with E-state index in [1.807, 2.05) is 18.7 Å². The Morgan fingerprint density at radius 1 is 1.47 bits per heavy atom. The van der Waals surface area contributed by atoms with Crippen LogP contribution in [0.4, 0.5) is 0 Å². The molecular weight excluding hydrogens is 240 g/mol. The normalized spacial score (nSPS) is 21.2. The Labute approximate surface area is 114 Å². The SMILES string of the molecule is Cc1cc(O)ccc1C(=O)N1CCCCC1C(C)N. The molecule has 104 valence electrons. The molecule has 1 heterocycles. The number of amides is 1. The Morgan fingerprint density at radius 3 is 2.84 bits per heavy atom. The van der Waals surface area contributed by atoms with Crippen LogP contribution in [0.25, 0.3) is 0 Å². The highest BCUT2D eigenvalue weighted by atomic mass is 16.3. The maximum Gasteiger partial charge on any atom is 0.254 e. The monoisotopic (exact) mass is 262 g/mol. The summed E-state index contributed by atoms with van der Waals surface area (Å²) < 4.78 is 0. The second kappa shape index (κ2) is 5.61. The number of rotatable bonds is 2. The molecule has 1 saturated heterocycles. The Bertz CT molecular complexity index is 471. The molecule has 0 aliphatic carbocycles. The van der Waals surface area contributed by atoms with E-state index in [-0.39, 0.29) is 23.7 Å². The molecule has 19 heavy (non-hydrogen) atoms. The van der Waals surface area contributed by atoms with Gasteiger partial charge < -0.3 is 15.7 Å². The van der Waals surface area contributed by atoms with Crippen molar-refractivity contribution in [2.45, 2.75) is 45.2 Å². The van der Waals surface area contributed by atoms with Crippen LogP contribution in [-0.4, -0.2) is 34.5 Å². The fraction of sp³-hybridized carbons (Fsp3) is 0.533. The first-order valence-corrected chi connectivity index (χ1v) is 6.87.